The van der Waals surface area contributed by atoms with Crippen molar-refractivity contribution >= 4 is 56.2 Å². The molecule has 9 heteroatoms. The van der Waals surface area contributed by atoms with Gasteiger partial charge in [-0.25, -0.2) is 4.98 Å². The number of amides is 1. The summed E-state index contributed by atoms with van der Waals surface area (Å²) in [5, 5.41) is 21.0. The van der Waals surface area contributed by atoms with Crippen LogP contribution in [0.5, 0.6) is 0 Å². The fraction of sp³-hybridized carbons (Fsp3) is 0. The summed E-state index contributed by atoms with van der Waals surface area (Å²) in [4.78, 5) is 27.2. The Bertz CT molecular complexity index is 1280. The molecule has 0 aliphatic heterocycles. The van der Waals surface area contributed by atoms with Crippen molar-refractivity contribution in [3.8, 4) is 11.3 Å². The van der Waals surface area contributed by atoms with Crippen LogP contribution in [-0.2, 0) is 0 Å². The number of nitrogens with zero attached hydrogens (tertiary/aromatic N) is 2. The van der Waals surface area contributed by atoms with E-state index in [-0.39, 0.29) is 16.4 Å². The van der Waals surface area contributed by atoms with Gasteiger partial charge in [0.25, 0.3) is 11.6 Å². The molecule has 7 nitrogen and oxygen atoms in total. The molecule has 0 aliphatic rings. The van der Waals surface area contributed by atoms with E-state index in [9.17, 15) is 14.9 Å². The fourth-order valence-corrected chi connectivity index (χ4v) is 3.94. The van der Waals surface area contributed by atoms with Crippen molar-refractivity contribution in [2.24, 2.45) is 0 Å². The highest BCUT2D eigenvalue weighted by Crippen LogP contribution is 2.30. The van der Waals surface area contributed by atoms with Gasteiger partial charge < -0.3 is 5.32 Å². The molecule has 4 aromatic rings. The van der Waals surface area contributed by atoms with Gasteiger partial charge in [0, 0.05) is 28.6 Å². The quantitative estimate of drug-likeness (QED) is 0.267. The van der Waals surface area contributed by atoms with Crippen LogP contribution in [0.25, 0.3) is 22.0 Å². The number of carbonyl (C=O) groups is 1. The average Bonchev–Trinajstić information content (AvgIpc) is 3.21. The molecule has 1 aromatic heterocycles. The van der Waals surface area contributed by atoms with Crippen molar-refractivity contribution in [3.05, 3.63) is 87.8 Å². The van der Waals surface area contributed by atoms with E-state index in [2.05, 4.69) is 15.6 Å². The second-order valence-corrected chi connectivity index (χ2v) is 7.55. The Morgan fingerprint density at radius 3 is 2.67 bits per heavy atom. The lowest BCUT2D eigenvalue weighted by Gasteiger charge is -2.07. The van der Waals surface area contributed by atoms with Gasteiger partial charge in [0.15, 0.2) is 10.2 Å². The zero-order valence-corrected chi connectivity index (χ0v) is 17.0. The van der Waals surface area contributed by atoms with Crippen LogP contribution in [0.2, 0.25) is 0 Å². The number of benzene rings is 3. The van der Waals surface area contributed by atoms with Crippen molar-refractivity contribution in [2.75, 3.05) is 5.32 Å². The normalized spacial score (nSPS) is 10.5. The molecule has 0 fully saturated rings. The van der Waals surface area contributed by atoms with Gasteiger partial charge in [-0.15, -0.1) is 11.3 Å². The van der Waals surface area contributed by atoms with E-state index in [0.29, 0.717) is 5.13 Å². The molecule has 0 spiro atoms. The molecular weight excluding hydrogens is 420 g/mol. The van der Waals surface area contributed by atoms with Crippen molar-refractivity contribution < 1.29 is 9.72 Å². The minimum absolute atomic E-state index is 0.0605. The number of non-ortho nitro benzene ring substituents is 1. The Balaban J connectivity index is 1.47. The summed E-state index contributed by atoms with van der Waals surface area (Å²) < 4.78 is 0. The van der Waals surface area contributed by atoms with E-state index in [1.165, 1.54) is 35.6 Å². The van der Waals surface area contributed by atoms with E-state index in [4.69, 9.17) is 12.2 Å². The molecular formula is C21H14N4O3S2. The van der Waals surface area contributed by atoms with Crippen LogP contribution >= 0.6 is 23.6 Å². The van der Waals surface area contributed by atoms with Crippen LogP contribution in [0.3, 0.4) is 0 Å². The second-order valence-electron chi connectivity index (χ2n) is 6.28. The van der Waals surface area contributed by atoms with E-state index < -0.39 is 10.8 Å². The maximum Gasteiger partial charge on any atom is 0.270 e. The fourth-order valence-electron chi connectivity index (χ4n) is 2.97. The van der Waals surface area contributed by atoms with E-state index in [0.717, 1.165) is 22.0 Å². The van der Waals surface area contributed by atoms with Crippen molar-refractivity contribution in [1.82, 2.24) is 10.3 Å². The van der Waals surface area contributed by atoms with Crippen LogP contribution in [-0.4, -0.2) is 20.9 Å². The predicted octanol–water partition coefficient (Wildman–Crippen LogP) is 5.00. The number of fused-ring (bicyclic) bond motifs is 1. The van der Waals surface area contributed by atoms with Crippen LogP contribution in [0, 0.1) is 10.1 Å². The molecule has 0 radical (unpaired) electrons. The Morgan fingerprint density at radius 1 is 1.07 bits per heavy atom. The number of hydrogen-bond acceptors (Lipinski definition) is 6. The summed E-state index contributed by atoms with van der Waals surface area (Å²) in [5.74, 6) is -0.540. The van der Waals surface area contributed by atoms with Crippen LogP contribution in [0.4, 0.5) is 10.8 Å². The zero-order valence-electron chi connectivity index (χ0n) is 15.4. The van der Waals surface area contributed by atoms with Crippen molar-refractivity contribution in [2.45, 2.75) is 0 Å². The third kappa shape index (κ3) is 4.17. The largest absolute Gasteiger partial charge is 0.308 e. The van der Waals surface area contributed by atoms with E-state index >= 15 is 0 Å². The van der Waals surface area contributed by atoms with E-state index in [1.54, 1.807) is 0 Å². The van der Waals surface area contributed by atoms with Gasteiger partial charge in [-0.3, -0.25) is 20.2 Å². The first kappa shape index (κ1) is 19.6. The predicted molar refractivity (Wildman–Crippen MR) is 122 cm³/mol. The van der Waals surface area contributed by atoms with Gasteiger partial charge in [-0.1, -0.05) is 48.5 Å². The highest BCUT2D eigenvalue weighted by Gasteiger charge is 2.14. The number of hydrogen-bond donors (Lipinski definition) is 2. The Kier molecular flexibility index (Phi) is 5.46. The molecule has 0 bridgehead atoms. The summed E-state index contributed by atoms with van der Waals surface area (Å²) in [6.45, 7) is 0. The molecule has 1 heterocycles. The number of nitro groups is 1. The molecule has 0 saturated carbocycles. The smallest absolute Gasteiger partial charge is 0.270 e. The lowest BCUT2D eigenvalue weighted by molar-refractivity contribution is -0.384. The summed E-state index contributed by atoms with van der Waals surface area (Å²) in [6.07, 6.45) is 0. The molecule has 0 unspecified atom stereocenters. The lowest BCUT2D eigenvalue weighted by atomic mass is 10.0. The molecule has 2 N–H and O–H groups in total. The Morgan fingerprint density at radius 2 is 1.83 bits per heavy atom. The summed E-state index contributed by atoms with van der Waals surface area (Å²) in [6, 6.07) is 19.5. The third-order valence-electron chi connectivity index (χ3n) is 4.34. The number of thiocarbonyl (C=S) groups is 1. The topological polar surface area (TPSA) is 97.2 Å². The standard InChI is InChI=1S/C21H14N4O3S2/c26-19(14-7-3-8-15(11-14)25(27)28)23-20(29)24-21-22-18(12-30-21)17-10-4-6-13-5-1-2-9-16(13)17/h1-12H,(H2,22,23,24,26,29). The van der Waals surface area contributed by atoms with Crippen LogP contribution < -0.4 is 10.6 Å². The number of nitro benzene ring substituents is 1. The minimum Gasteiger partial charge on any atom is -0.308 e. The minimum atomic E-state index is -0.558. The van der Waals surface area contributed by atoms with Crippen molar-refractivity contribution in [3.63, 3.8) is 0 Å². The zero-order chi connectivity index (χ0) is 21.1. The molecule has 0 saturated heterocycles. The first-order valence-corrected chi connectivity index (χ1v) is 10.1. The Hall–Kier alpha value is -3.69. The number of thiazole rings is 1. The first-order chi connectivity index (χ1) is 14.5. The van der Waals surface area contributed by atoms with Crippen LogP contribution in [0.1, 0.15) is 10.4 Å². The highest BCUT2D eigenvalue weighted by atomic mass is 32.1. The van der Waals surface area contributed by atoms with Gasteiger partial charge in [-0.2, -0.15) is 0 Å². The maximum atomic E-state index is 12.3. The molecule has 148 valence electrons. The monoisotopic (exact) mass is 434 g/mol. The number of aromatic nitrogens is 1. The van der Waals surface area contributed by atoms with Gasteiger partial charge in [0.1, 0.15) is 0 Å². The summed E-state index contributed by atoms with van der Waals surface area (Å²) >= 11 is 6.55. The molecule has 1 amide bonds. The van der Waals surface area contributed by atoms with Crippen LogP contribution in [0.15, 0.2) is 72.1 Å². The molecule has 30 heavy (non-hydrogen) atoms. The van der Waals surface area contributed by atoms with Gasteiger partial charge >= 0.3 is 0 Å². The molecule has 0 aliphatic carbocycles. The molecule has 0 atom stereocenters. The number of carbonyl (C=O) groups excluding carboxylic acids is 1. The molecule has 3 aromatic carbocycles. The SMILES string of the molecule is O=C(NC(=S)Nc1nc(-c2cccc3ccccc23)cs1)c1cccc([N+](=O)[O-])c1. The van der Waals surface area contributed by atoms with E-state index in [1.807, 2.05) is 47.8 Å². The second kappa shape index (κ2) is 8.36. The first-order valence-electron chi connectivity index (χ1n) is 8.82. The molecule has 4 rings (SSSR count). The van der Waals surface area contributed by atoms with Gasteiger partial charge in [-0.05, 0) is 29.1 Å². The van der Waals surface area contributed by atoms with Crippen molar-refractivity contribution in [1.29, 1.82) is 0 Å². The number of nitrogens with one attached hydrogen (secondary N) is 2. The number of anilines is 1. The third-order valence-corrected chi connectivity index (χ3v) is 5.30. The maximum absolute atomic E-state index is 12.3. The Labute approximate surface area is 180 Å². The summed E-state index contributed by atoms with van der Waals surface area (Å²) in [5.41, 5.74) is 1.78. The average molecular weight is 435 g/mol. The van der Waals surface area contributed by atoms with Gasteiger partial charge in [0.05, 0.1) is 10.6 Å². The highest BCUT2D eigenvalue weighted by molar-refractivity contribution is 7.80. The van der Waals surface area contributed by atoms with Gasteiger partial charge in [0.2, 0.25) is 0 Å². The number of rotatable bonds is 4. The summed E-state index contributed by atoms with van der Waals surface area (Å²) in [7, 11) is 0. The lowest BCUT2D eigenvalue weighted by Crippen LogP contribution is -2.34.